The van der Waals surface area contributed by atoms with Gasteiger partial charge in [0, 0.05) is 33.0 Å². The highest BCUT2D eigenvalue weighted by atomic mass is 35.5. The maximum atomic E-state index is 11.2. The molecule has 4 nitrogen and oxygen atoms in total. The summed E-state index contributed by atoms with van der Waals surface area (Å²) in [5, 5.41) is 3.63. The molecule has 0 unspecified atom stereocenters. The molecule has 15 heavy (non-hydrogen) atoms. The van der Waals surface area contributed by atoms with E-state index < -0.39 is 0 Å². The predicted molar refractivity (Wildman–Crippen MR) is 59.6 cm³/mol. The van der Waals surface area contributed by atoms with Crippen molar-refractivity contribution in [2.75, 3.05) is 20.6 Å². The zero-order valence-corrected chi connectivity index (χ0v) is 9.58. The lowest BCUT2D eigenvalue weighted by atomic mass is 10.2. The van der Waals surface area contributed by atoms with Crippen LogP contribution >= 0.6 is 11.6 Å². The highest BCUT2D eigenvalue weighted by Crippen LogP contribution is 2.12. The molecule has 0 radical (unpaired) electrons. The van der Waals surface area contributed by atoms with E-state index >= 15 is 0 Å². The Balaban J connectivity index is 2.38. The first-order chi connectivity index (χ1) is 7.11. The lowest BCUT2D eigenvalue weighted by Crippen LogP contribution is -2.32. The smallest absolute Gasteiger partial charge is 0.236 e. The summed E-state index contributed by atoms with van der Waals surface area (Å²) in [5.74, 6) is 0.0418. The molecule has 0 aromatic carbocycles. The first-order valence-electron chi connectivity index (χ1n) is 4.60. The molecule has 1 aromatic rings. The van der Waals surface area contributed by atoms with Crippen molar-refractivity contribution in [3.8, 4) is 0 Å². The highest BCUT2D eigenvalue weighted by Gasteiger charge is 2.03. The van der Waals surface area contributed by atoms with Crippen LogP contribution in [0.25, 0.3) is 0 Å². The van der Waals surface area contributed by atoms with Gasteiger partial charge in [-0.25, -0.2) is 0 Å². The lowest BCUT2D eigenvalue weighted by molar-refractivity contribution is -0.127. The van der Waals surface area contributed by atoms with E-state index in [1.54, 1.807) is 31.4 Å². The number of halogens is 1. The van der Waals surface area contributed by atoms with Crippen LogP contribution < -0.4 is 5.32 Å². The van der Waals surface area contributed by atoms with E-state index in [1.165, 1.54) is 0 Å². The monoisotopic (exact) mass is 227 g/mol. The van der Waals surface area contributed by atoms with Crippen molar-refractivity contribution < 1.29 is 4.79 Å². The molecule has 0 aliphatic heterocycles. The van der Waals surface area contributed by atoms with E-state index in [9.17, 15) is 4.79 Å². The van der Waals surface area contributed by atoms with Crippen molar-refractivity contribution in [2.24, 2.45) is 0 Å². The standard InChI is InChI=1S/C10H14ClN3O/c1-14(2)10(15)7-13-5-8-3-4-12-6-9(8)11/h3-4,6,13H,5,7H2,1-2H3. The third-order valence-corrected chi connectivity index (χ3v) is 2.29. The van der Waals surface area contributed by atoms with Crippen molar-refractivity contribution >= 4 is 17.5 Å². The number of aromatic nitrogens is 1. The molecule has 1 heterocycles. The minimum Gasteiger partial charge on any atom is -0.348 e. The van der Waals surface area contributed by atoms with Crippen molar-refractivity contribution in [2.45, 2.75) is 6.54 Å². The van der Waals surface area contributed by atoms with Crippen molar-refractivity contribution in [3.05, 3.63) is 29.0 Å². The molecule has 0 spiro atoms. The van der Waals surface area contributed by atoms with E-state index in [-0.39, 0.29) is 5.91 Å². The Bertz CT molecular complexity index is 341. The zero-order valence-electron chi connectivity index (χ0n) is 8.83. The van der Waals surface area contributed by atoms with Gasteiger partial charge in [0.05, 0.1) is 11.6 Å². The number of nitrogens with one attached hydrogen (secondary N) is 1. The molecule has 5 heteroatoms. The van der Waals surface area contributed by atoms with Crippen LogP contribution in [0.15, 0.2) is 18.5 Å². The number of rotatable bonds is 4. The van der Waals surface area contributed by atoms with Crippen LogP contribution in [0.4, 0.5) is 0 Å². The summed E-state index contributed by atoms with van der Waals surface area (Å²) in [6.07, 6.45) is 3.27. The molecule has 1 aromatic heterocycles. The van der Waals surface area contributed by atoms with Crippen molar-refractivity contribution in [1.82, 2.24) is 15.2 Å². The molecular formula is C10H14ClN3O. The Kier molecular flexibility index (Phi) is 4.52. The molecule has 0 fully saturated rings. The van der Waals surface area contributed by atoms with Crippen LogP contribution in [-0.2, 0) is 11.3 Å². The quantitative estimate of drug-likeness (QED) is 0.832. The van der Waals surface area contributed by atoms with E-state index in [2.05, 4.69) is 10.3 Å². The van der Waals surface area contributed by atoms with Crippen LogP contribution in [-0.4, -0.2) is 36.4 Å². The second-order valence-electron chi connectivity index (χ2n) is 3.36. The molecule has 0 aliphatic rings. The SMILES string of the molecule is CN(C)C(=O)CNCc1ccncc1Cl. The van der Waals surface area contributed by atoms with Gasteiger partial charge in [-0.15, -0.1) is 0 Å². The van der Waals surface area contributed by atoms with Gasteiger partial charge in [-0.2, -0.15) is 0 Å². The van der Waals surface area contributed by atoms with E-state index in [4.69, 9.17) is 11.6 Å². The van der Waals surface area contributed by atoms with Gasteiger partial charge in [-0.3, -0.25) is 9.78 Å². The van der Waals surface area contributed by atoms with Gasteiger partial charge in [0.25, 0.3) is 0 Å². The zero-order chi connectivity index (χ0) is 11.3. The van der Waals surface area contributed by atoms with E-state index in [0.29, 0.717) is 18.1 Å². The van der Waals surface area contributed by atoms with Crippen molar-refractivity contribution in [3.63, 3.8) is 0 Å². The Morgan fingerprint density at radius 3 is 2.93 bits per heavy atom. The fraction of sp³-hybridized carbons (Fsp3) is 0.400. The maximum absolute atomic E-state index is 11.2. The second kappa shape index (κ2) is 5.68. The number of likely N-dealkylation sites (N-methyl/N-ethyl adjacent to an activating group) is 1. The average molecular weight is 228 g/mol. The summed E-state index contributed by atoms with van der Waals surface area (Å²) in [5.41, 5.74) is 0.943. The number of carbonyl (C=O) groups excluding carboxylic acids is 1. The maximum Gasteiger partial charge on any atom is 0.236 e. The van der Waals surface area contributed by atoms with Crippen LogP contribution in [0.1, 0.15) is 5.56 Å². The summed E-state index contributed by atoms with van der Waals surface area (Å²) in [7, 11) is 3.45. The van der Waals surface area contributed by atoms with Crippen LogP contribution in [0.3, 0.4) is 0 Å². The topological polar surface area (TPSA) is 45.2 Å². The average Bonchev–Trinajstić information content (AvgIpc) is 2.20. The fourth-order valence-corrected chi connectivity index (χ4v) is 1.20. The van der Waals surface area contributed by atoms with Crippen LogP contribution in [0, 0.1) is 0 Å². The molecule has 1 amide bonds. The molecule has 1 rings (SSSR count). The first kappa shape index (κ1) is 11.9. The summed E-state index contributed by atoms with van der Waals surface area (Å²) >= 11 is 5.90. The molecule has 82 valence electrons. The molecule has 0 saturated carbocycles. The number of pyridine rings is 1. The van der Waals surface area contributed by atoms with Gasteiger partial charge < -0.3 is 10.2 Å². The molecule has 0 saturated heterocycles. The van der Waals surface area contributed by atoms with E-state index in [0.717, 1.165) is 5.56 Å². The largest absolute Gasteiger partial charge is 0.348 e. The summed E-state index contributed by atoms with van der Waals surface area (Å²) in [6.45, 7) is 0.882. The van der Waals surface area contributed by atoms with Gasteiger partial charge in [0.1, 0.15) is 0 Å². The van der Waals surface area contributed by atoms with Crippen LogP contribution in [0.5, 0.6) is 0 Å². The van der Waals surface area contributed by atoms with Gasteiger partial charge in [-0.05, 0) is 11.6 Å². The predicted octanol–water partition coefficient (Wildman–Crippen LogP) is 0.913. The highest BCUT2D eigenvalue weighted by molar-refractivity contribution is 6.31. The molecule has 0 atom stereocenters. The minimum atomic E-state index is 0.0418. The Morgan fingerprint density at radius 1 is 1.60 bits per heavy atom. The third-order valence-electron chi connectivity index (χ3n) is 1.95. The summed E-state index contributed by atoms with van der Waals surface area (Å²) < 4.78 is 0. The normalized spacial score (nSPS) is 10.1. The number of nitrogens with zero attached hydrogens (tertiary/aromatic N) is 2. The molecular weight excluding hydrogens is 214 g/mol. The Morgan fingerprint density at radius 2 is 2.33 bits per heavy atom. The first-order valence-corrected chi connectivity index (χ1v) is 4.98. The van der Waals surface area contributed by atoms with E-state index in [1.807, 2.05) is 6.07 Å². The summed E-state index contributed by atoms with van der Waals surface area (Å²) in [4.78, 5) is 16.7. The van der Waals surface area contributed by atoms with Crippen LogP contribution in [0.2, 0.25) is 5.02 Å². The number of hydrogen-bond acceptors (Lipinski definition) is 3. The molecule has 0 aliphatic carbocycles. The lowest BCUT2D eigenvalue weighted by Gasteiger charge is -2.11. The number of carbonyl (C=O) groups is 1. The Hall–Kier alpha value is -1.13. The number of hydrogen-bond donors (Lipinski definition) is 1. The molecule has 1 N–H and O–H groups in total. The van der Waals surface area contributed by atoms with Gasteiger partial charge in [0.15, 0.2) is 0 Å². The van der Waals surface area contributed by atoms with Gasteiger partial charge in [0.2, 0.25) is 5.91 Å². The summed E-state index contributed by atoms with van der Waals surface area (Å²) in [6, 6.07) is 1.83. The van der Waals surface area contributed by atoms with Crippen molar-refractivity contribution in [1.29, 1.82) is 0 Å². The molecule has 0 bridgehead atoms. The fourth-order valence-electron chi connectivity index (χ4n) is 1.01. The van der Waals surface area contributed by atoms with Gasteiger partial charge in [-0.1, -0.05) is 11.6 Å². The Labute approximate surface area is 94.3 Å². The minimum absolute atomic E-state index is 0.0418. The number of amides is 1. The second-order valence-corrected chi connectivity index (χ2v) is 3.77. The third kappa shape index (κ3) is 3.85. The van der Waals surface area contributed by atoms with Gasteiger partial charge >= 0.3 is 0 Å².